The molecule has 1 aliphatic carbocycles. The Hall–Kier alpha value is -3.21. The molecule has 3 aromatic heterocycles. The fourth-order valence-electron chi connectivity index (χ4n) is 4.35. The summed E-state index contributed by atoms with van der Waals surface area (Å²) < 4.78 is 5.53. The van der Waals surface area contributed by atoms with Gasteiger partial charge >= 0.3 is 6.09 Å². The minimum atomic E-state index is -0.586. The van der Waals surface area contributed by atoms with E-state index in [4.69, 9.17) is 15.0 Å². The standard InChI is InChI=1S/C23H28N6O2/c1-23(2,3)31-22(30)29-18(15-8-6-14(7-9-15)10-11-24)21-27-17-13-26-16-5-4-12-25-19(16)20(17)28-21/h4-5,12-15,18H,6-10H2,1-3H3,(H,27,28)(H,29,30). The summed E-state index contributed by atoms with van der Waals surface area (Å²) in [5.74, 6) is 1.32. The molecule has 31 heavy (non-hydrogen) atoms. The van der Waals surface area contributed by atoms with Gasteiger partial charge in [0.05, 0.1) is 29.3 Å². The van der Waals surface area contributed by atoms with Gasteiger partial charge < -0.3 is 15.0 Å². The number of carbonyl (C=O) groups excluding carboxylic acids is 1. The maximum atomic E-state index is 12.6. The molecule has 8 nitrogen and oxygen atoms in total. The molecule has 8 heteroatoms. The lowest BCUT2D eigenvalue weighted by molar-refractivity contribution is 0.0468. The van der Waals surface area contributed by atoms with Crippen LogP contribution >= 0.6 is 0 Å². The van der Waals surface area contributed by atoms with Gasteiger partial charge in [-0.1, -0.05) is 0 Å². The van der Waals surface area contributed by atoms with E-state index in [1.807, 2.05) is 32.9 Å². The van der Waals surface area contributed by atoms with Crippen molar-refractivity contribution in [2.75, 3.05) is 0 Å². The monoisotopic (exact) mass is 420 g/mol. The predicted molar refractivity (Wildman–Crippen MR) is 117 cm³/mol. The zero-order chi connectivity index (χ0) is 22.0. The van der Waals surface area contributed by atoms with Gasteiger partial charge in [0, 0.05) is 12.6 Å². The molecule has 162 valence electrons. The van der Waals surface area contributed by atoms with Crippen LogP contribution in [0.2, 0.25) is 0 Å². The van der Waals surface area contributed by atoms with Crippen molar-refractivity contribution in [1.82, 2.24) is 25.3 Å². The number of H-pyrrole nitrogens is 1. The summed E-state index contributed by atoms with van der Waals surface area (Å²) in [6.45, 7) is 5.54. The van der Waals surface area contributed by atoms with Crippen molar-refractivity contribution in [3.63, 3.8) is 0 Å². The second-order valence-corrected chi connectivity index (χ2v) is 9.28. The number of amides is 1. The van der Waals surface area contributed by atoms with Crippen LogP contribution in [0.4, 0.5) is 4.79 Å². The highest BCUT2D eigenvalue weighted by atomic mass is 16.6. The van der Waals surface area contributed by atoms with E-state index < -0.39 is 11.7 Å². The number of imidazole rings is 1. The van der Waals surface area contributed by atoms with Crippen LogP contribution < -0.4 is 5.32 Å². The van der Waals surface area contributed by atoms with Crippen LogP contribution in [0.15, 0.2) is 24.5 Å². The Bertz CT molecular complexity index is 1120. The first-order valence-corrected chi connectivity index (χ1v) is 10.8. The number of ether oxygens (including phenoxy) is 1. The van der Waals surface area contributed by atoms with E-state index >= 15 is 0 Å². The van der Waals surface area contributed by atoms with E-state index in [0.717, 1.165) is 47.8 Å². The predicted octanol–water partition coefficient (Wildman–Crippen LogP) is 4.79. The summed E-state index contributed by atoms with van der Waals surface area (Å²) >= 11 is 0. The van der Waals surface area contributed by atoms with Crippen molar-refractivity contribution in [3.8, 4) is 6.07 Å². The fourth-order valence-corrected chi connectivity index (χ4v) is 4.35. The molecule has 0 radical (unpaired) electrons. The first-order chi connectivity index (χ1) is 14.8. The topological polar surface area (TPSA) is 117 Å². The number of aromatic nitrogens is 4. The molecule has 0 spiro atoms. The minimum Gasteiger partial charge on any atom is -0.444 e. The molecule has 0 bridgehead atoms. The first kappa shape index (κ1) is 21.0. The molecule has 4 rings (SSSR count). The second kappa shape index (κ2) is 8.50. The summed E-state index contributed by atoms with van der Waals surface area (Å²) in [6.07, 6.45) is 7.37. The van der Waals surface area contributed by atoms with Gasteiger partial charge in [0.2, 0.25) is 0 Å². The quantitative estimate of drug-likeness (QED) is 0.627. The molecule has 0 aliphatic heterocycles. The average Bonchev–Trinajstić information content (AvgIpc) is 3.16. The average molecular weight is 421 g/mol. The smallest absolute Gasteiger partial charge is 0.408 e. The number of alkyl carbamates (subject to hydrolysis) is 1. The molecule has 1 amide bonds. The van der Waals surface area contributed by atoms with Crippen molar-refractivity contribution >= 4 is 28.2 Å². The molecule has 1 unspecified atom stereocenters. The van der Waals surface area contributed by atoms with Crippen molar-refractivity contribution in [3.05, 3.63) is 30.4 Å². The van der Waals surface area contributed by atoms with Gasteiger partial charge in [-0.25, -0.2) is 9.78 Å². The van der Waals surface area contributed by atoms with Crippen LogP contribution in [0, 0.1) is 23.2 Å². The third-order valence-corrected chi connectivity index (χ3v) is 5.81. The number of fused-ring (bicyclic) bond motifs is 3. The molecule has 1 fully saturated rings. The third kappa shape index (κ3) is 4.76. The fraction of sp³-hybridized carbons (Fsp3) is 0.522. The number of rotatable bonds is 4. The van der Waals surface area contributed by atoms with E-state index in [9.17, 15) is 4.79 Å². The lowest BCUT2D eigenvalue weighted by Crippen LogP contribution is -2.39. The Labute approximate surface area is 181 Å². The SMILES string of the molecule is CC(C)(C)OC(=O)NC(c1nc2cnc3cccnc3c2[nH]1)C1CCC(CC#N)CC1. The van der Waals surface area contributed by atoms with Crippen LogP contribution in [0.1, 0.15) is 64.7 Å². The lowest BCUT2D eigenvalue weighted by atomic mass is 9.77. The number of nitrogens with one attached hydrogen (secondary N) is 2. The van der Waals surface area contributed by atoms with Crippen LogP contribution in [0.25, 0.3) is 22.1 Å². The molecule has 2 N–H and O–H groups in total. The summed E-state index contributed by atoms with van der Waals surface area (Å²) in [7, 11) is 0. The molecule has 1 saturated carbocycles. The Morgan fingerprint density at radius 2 is 2.06 bits per heavy atom. The number of nitrogens with zero attached hydrogens (tertiary/aromatic N) is 4. The molecule has 3 heterocycles. The maximum absolute atomic E-state index is 12.6. The van der Waals surface area contributed by atoms with E-state index in [0.29, 0.717) is 18.2 Å². The van der Waals surface area contributed by atoms with Crippen LogP contribution in [-0.2, 0) is 4.74 Å². The van der Waals surface area contributed by atoms with Gasteiger partial charge in [0.1, 0.15) is 22.5 Å². The van der Waals surface area contributed by atoms with Gasteiger partial charge in [-0.3, -0.25) is 9.97 Å². The number of hydrogen-bond donors (Lipinski definition) is 2. The zero-order valence-corrected chi connectivity index (χ0v) is 18.2. The Kier molecular flexibility index (Phi) is 5.77. The normalized spacial score (nSPS) is 20.3. The number of pyridine rings is 2. The molecular formula is C23H28N6O2. The second-order valence-electron chi connectivity index (χ2n) is 9.28. The highest BCUT2D eigenvalue weighted by Crippen LogP contribution is 2.38. The molecular weight excluding hydrogens is 392 g/mol. The van der Waals surface area contributed by atoms with Gasteiger partial charge in [-0.15, -0.1) is 0 Å². The van der Waals surface area contributed by atoms with Crippen LogP contribution in [0.3, 0.4) is 0 Å². The summed E-state index contributed by atoms with van der Waals surface area (Å²) in [5.41, 5.74) is 2.49. The van der Waals surface area contributed by atoms with E-state index in [-0.39, 0.29) is 12.0 Å². The zero-order valence-electron chi connectivity index (χ0n) is 18.2. The van der Waals surface area contributed by atoms with E-state index in [1.54, 1.807) is 12.4 Å². The van der Waals surface area contributed by atoms with Crippen LogP contribution in [0.5, 0.6) is 0 Å². The number of aromatic amines is 1. The van der Waals surface area contributed by atoms with Crippen molar-refractivity contribution < 1.29 is 9.53 Å². The minimum absolute atomic E-state index is 0.204. The molecule has 1 atom stereocenters. The summed E-state index contributed by atoms with van der Waals surface area (Å²) in [5, 5.41) is 12.1. The number of carbonyl (C=O) groups is 1. The van der Waals surface area contributed by atoms with E-state index in [1.165, 1.54) is 0 Å². The summed E-state index contributed by atoms with van der Waals surface area (Å²) in [4.78, 5) is 29.7. The highest BCUT2D eigenvalue weighted by molar-refractivity contribution is 5.98. The molecule has 0 saturated heterocycles. The largest absolute Gasteiger partial charge is 0.444 e. The Balaban J connectivity index is 1.66. The van der Waals surface area contributed by atoms with Crippen molar-refractivity contribution in [1.29, 1.82) is 5.26 Å². The Morgan fingerprint density at radius 3 is 2.77 bits per heavy atom. The third-order valence-electron chi connectivity index (χ3n) is 5.81. The Morgan fingerprint density at radius 1 is 1.29 bits per heavy atom. The van der Waals surface area contributed by atoms with Gasteiger partial charge in [0.15, 0.2) is 0 Å². The first-order valence-electron chi connectivity index (χ1n) is 10.8. The summed E-state index contributed by atoms with van der Waals surface area (Å²) in [6, 6.07) is 5.73. The van der Waals surface area contributed by atoms with E-state index in [2.05, 4.69) is 26.3 Å². The van der Waals surface area contributed by atoms with Gasteiger partial charge in [-0.2, -0.15) is 5.26 Å². The van der Waals surface area contributed by atoms with Gasteiger partial charge in [-0.05, 0) is 70.4 Å². The number of hydrogen-bond acceptors (Lipinski definition) is 6. The van der Waals surface area contributed by atoms with Crippen molar-refractivity contribution in [2.24, 2.45) is 11.8 Å². The lowest BCUT2D eigenvalue weighted by Gasteiger charge is -2.33. The highest BCUT2D eigenvalue weighted by Gasteiger charge is 2.33. The maximum Gasteiger partial charge on any atom is 0.408 e. The van der Waals surface area contributed by atoms with Gasteiger partial charge in [0.25, 0.3) is 0 Å². The van der Waals surface area contributed by atoms with Crippen molar-refractivity contribution in [2.45, 2.75) is 64.5 Å². The molecule has 1 aliphatic rings. The number of nitriles is 1. The van der Waals surface area contributed by atoms with Crippen LogP contribution in [-0.4, -0.2) is 31.6 Å². The molecule has 3 aromatic rings. The molecule has 0 aromatic carbocycles.